The molecule has 3 amide bonds. The average molecular weight is 435 g/mol. The van der Waals surface area contributed by atoms with Crippen molar-refractivity contribution in [2.45, 2.75) is 57.3 Å². The lowest BCUT2D eigenvalue weighted by Gasteiger charge is -2.28. The van der Waals surface area contributed by atoms with E-state index in [0.717, 1.165) is 0 Å². The third-order valence-corrected chi connectivity index (χ3v) is 5.25. The number of nitrogens with zero attached hydrogens (tertiary/aromatic N) is 1. The zero-order chi connectivity index (χ0) is 21.4. The summed E-state index contributed by atoms with van der Waals surface area (Å²) in [6.07, 6.45) is 1.38. The minimum absolute atomic E-state index is 0.0115. The molecule has 0 aliphatic carbocycles. The molecule has 1 aliphatic rings. The Morgan fingerprint density at radius 1 is 1.14 bits per heavy atom. The van der Waals surface area contributed by atoms with E-state index in [-0.39, 0.29) is 29.8 Å². The molecule has 0 aromatic rings. The smallest absolute Gasteiger partial charge is 0.326 e. The number of carbonyl (C=O) groups excluding carboxylic acids is 3. The number of rotatable bonds is 10. The molecule has 0 saturated carbocycles. The summed E-state index contributed by atoms with van der Waals surface area (Å²) >= 11 is 8.11. The minimum atomic E-state index is -1.14. The zero-order valence-electron chi connectivity index (χ0n) is 16.1. The van der Waals surface area contributed by atoms with Gasteiger partial charge < -0.3 is 26.4 Å². The quantitative estimate of drug-likeness (QED) is 0.250. The van der Waals surface area contributed by atoms with Crippen LogP contribution in [-0.2, 0) is 19.2 Å². The molecule has 0 radical (unpaired) electrons. The number of hydrogen-bond acceptors (Lipinski definition) is 7. The molecule has 4 unspecified atom stereocenters. The number of carbonyl (C=O) groups is 4. The van der Waals surface area contributed by atoms with Crippen molar-refractivity contribution in [1.82, 2.24) is 15.5 Å². The summed E-state index contributed by atoms with van der Waals surface area (Å²) in [5, 5.41) is 14.3. The van der Waals surface area contributed by atoms with Crippen LogP contribution in [0.25, 0.3) is 0 Å². The van der Waals surface area contributed by atoms with Gasteiger partial charge >= 0.3 is 5.97 Å². The molecule has 1 aliphatic heterocycles. The molecular weight excluding hydrogens is 404 g/mol. The molecule has 0 aromatic heterocycles. The highest BCUT2D eigenvalue weighted by atomic mass is 32.1. The van der Waals surface area contributed by atoms with Crippen molar-refractivity contribution in [3.8, 4) is 0 Å². The van der Waals surface area contributed by atoms with Crippen LogP contribution in [0.3, 0.4) is 0 Å². The molecule has 0 bridgehead atoms. The van der Waals surface area contributed by atoms with E-state index in [9.17, 15) is 24.3 Å². The van der Waals surface area contributed by atoms with Crippen molar-refractivity contribution in [3.05, 3.63) is 0 Å². The van der Waals surface area contributed by atoms with E-state index in [2.05, 4.69) is 35.9 Å². The van der Waals surface area contributed by atoms with Crippen LogP contribution < -0.4 is 16.4 Å². The first-order chi connectivity index (χ1) is 13.1. The normalized spacial score (nSPS) is 19.8. The fourth-order valence-corrected chi connectivity index (χ4v) is 3.43. The van der Waals surface area contributed by atoms with Gasteiger partial charge in [-0.25, -0.2) is 4.79 Å². The first kappa shape index (κ1) is 24.6. The number of nitrogens with one attached hydrogen (secondary N) is 2. The third kappa shape index (κ3) is 6.85. The molecule has 11 heteroatoms. The van der Waals surface area contributed by atoms with E-state index >= 15 is 0 Å². The topological polar surface area (TPSA) is 142 Å². The lowest BCUT2D eigenvalue weighted by molar-refractivity contribution is -0.143. The minimum Gasteiger partial charge on any atom is -0.480 e. The number of hydrogen-bond donors (Lipinski definition) is 6. The highest BCUT2D eigenvalue weighted by molar-refractivity contribution is 7.80. The number of thiol groups is 2. The molecule has 1 saturated heterocycles. The average Bonchev–Trinajstić information content (AvgIpc) is 3.13. The Balaban J connectivity index is 2.77. The van der Waals surface area contributed by atoms with Crippen LogP contribution in [-0.4, -0.2) is 75.9 Å². The van der Waals surface area contributed by atoms with Gasteiger partial charge in [0.2, 0.25) is 17.7 Å². The lowest BCUT2D eigenvalue weighted by atomic mass is 10.0. The number of amides is 3. The van der Waals surface area contributed by atoms with Crippen molar-refractivity contribution in [3.63, 3.8) is 0 Å². The standard InChI is InChI=1S/C17H30N4O5S2/c1-9(2)6-11(17(25)26)19-14(22)12(8-28)20-15(23)13-4-3-5-21(13)16(24)10(18)7-27/h9-13,27-28H,3-8,18H2,1-2H3,(H,19,22)(H,20,23)(H,25,26). The number of likely N-dealkylation sites (tertiary alicyclic amines) is 1. The maximum Gasteiger partial charge on any atom is 0.326 e. The maximum atomic E-state index is 12.6. The van der Waals surface area contributed by atoms with Gasteiger partial charge in [0.15, 0.2) is 0 Å². The van der Waals surface area contributed by atoms with Gasteiger partial charge in [-0.3, -0.25) is 14.4 Å². The molecule has 1 rings (SSSR count). The van der Waals surface area contributed by atoms with Crippen LogP contribution in [0.4, 0.5) is 0 Å². The second-order valence-corrected chi connectivity index (χ2v) is 7.98. The Morgan fingerprint density at radius 2 is 1.79 bits per heavy atom. The van der Waals surface area contributed by atoms with E-state index in [0.29, 0.717) is 19.4 Å². The Bertz CT molecular complexity index is 590. The molecule has 0 aromatic carbocycles. The van der Waals surface area contributed by atoms with Crippen LogP contribution >= 0.6 is 25.3 Å². The highest BCUT2D eigenvalue weighted by Crippen LogP contribution is 2.19. The summed E-state index contributed by atoms with van der Waals surface area (Å²) in [5.41, 5.74) is 5.73. The summed E-state index contributed by atoms with van der Waals surface area (Å²) < 4.78 is 0. The Kier molecular flexibility index (Phi) is 10.1. The summed E-state index contributed by atoms with van der Waals surface area (Å²) in [6.45, 7) is 4.11. The van der Waals surface area contributed by atoms with Gasteiger partial charge in [0.1, 0.15) is 18.1 Å². The molecule has 1 fully saturated rings. The van der Waals surface area contributed by atoms with E-state index in [4.69, 9.17) is 5.73 Å². The van der Waals surface area contributed by atoms with Crippen molar-refractivity contribution in [1.29, 1.82) is 0 Å². The highest BCUT2D eigenvalue weighted by Gasteiger charge is 2.37. The van der Waals surface area contributed by atoms with E-state index in [1.54, 1.807) is 0 Å². The number of aliphatic carboxylic acids is 1. The first-order valence-corrected chi connectivity index (χ1v) is 10.5. The maximum absolute atomic E-state index is 12.6. The molecule has 160 valence electrons. The molecule has 28 heavy (non-hydrogen) atoms. The van der Waals surface area contributed by atoms with Crippen LogP contribution in [0.5, 0.6) is 0 Å². The van der Waals surface area contributed by atoms with Crippen LogP contribution in [0.1, 0.15) is 33.1 Å². The molecule has 9 nitrogen and oxygen atoms in total. The number of carboxylic acids is 1. The van der Waals surface area contributed by atoms with Gasteiger partial charge in [-0.05, 0) is 25.2 Å². The van der Waals surface area contributed by atoms with Crippen LogP contribution in [0, 0.1) is 5.92 Å². The Labute approximate surface area is 176 Å². The summed E-state index contributed by atoms with van der Waals surface area (Å²) in [5.74, 6) is -2.39. The molecule has 0 spiro atoms. The fourth-order valence-electron chi connectivity index (χ4n) is 3.02. The Morgan fingerprint density at radius 3 is 2.29 bits per heavy atom. The number of nitrogens with two attached hydrogens (primary N) is 1. The summed E-state index contributed by atoms with van der Waals surface area (Å²) in [4.78, 5) is 50.2. The Hall–Kier alpha value is -1.46. The van der Waals surface area contributed by atoms with Gasteiger partial charge in [0, 0.05) is 18.1 Å². The van der Waals surface area contributed by atoms with Gasteiger partial charge in [0.05, 0.1) is 6.04 Å². The van der Waals surface area contributed by atoms with E-state index in [1.807, 2.05) is 13.8 Å². The van der Waals surface area contributed by atoms with Crippen molar-refractivity contribution >= 4 is 48.9 Å². The molecular formula is C17H30N4O5S2. The molecule has 1 heterocycles. The van der Waals surface area contributed by atoms with Crippen LogP contribution in [0.15, 0.2) is 0 Å². The van der Waals surface area contributed by atoms with Crippen molar-refractivity contribution < 1.29 is 24.3 Å². The van der Waals surface area contributed by atoms with Crippen molar-refractivity contribution in [2.75, 3.05) is 18.1 Å². The monoisotopic (exact) mass is 434 g/mol. The lowest BCUT2D eigenvalue weighted by Crippen LogP contribution is -2.57. The van der Waals surface area contributed by atoms with Gasteiger partial charge in [-0.15, -0.1) is 0 Å². The largest absolute Gasteiger partial charge is 0.480 e. The van der Waals surface area contributed by atoms with E-state index < -0.39 is 42.0 Å². The van der Waals surface area contributed by atoms with Gasteiger partial charge in [0.25, 0.3) is 0 Å². The predicted molar refractivity (Wildman–Crippen MR) is 111 cm³/mol. The first-order valence-electron chi connectivity index (χ1n) is 9.23. The summed E-state index contributed by atoms with van der Waals surface area (Å²) in [7, 11) is 0. The predicted octanol–water partition coefficient (Wildman–Crippen LogP) is -0.735. The zero-order valence-corrected chi connectivity index (χ0v) is 17.9. The molecule has 5 N–H and O–H groups in total. The van der Waals surface area contributed by atoms with Crippen molar-refractivity contribution in [2.24, 2.45) is 11.7 Å². The van der Waals surface area contributed by atoms with Gasteiger partial charge in [-0.1, -0.05) is 13.8 Å². The number of carboxylic acid groups (broad SMARTS) is 1. The summed E-state index contributed by atoms with van der Waals surface area (Å²) in [6, 6.07) is -3.58. The fraction of sp³-hybridized carbons (Fsp3) is 0.765. The second-order valence-electron chi connectivity index (χ2n) is 7.25. The van der Waals surface area contributed by atoms with Crippen LogP contribution in [0.2, 0.25) is 0 Å². The third-order valence-electron chi connectivity index (χ3n) is 4.49. The SMILES string of the molecule is CC(C)CC(NC(=O)C(CS)NC(=O)C1CCCN1C(=O)C(N)CS)C(=O)O. The van der Waals surface area contributed by atoms with Gasteiger partial charge in [-0.2, -0.15) is 25.3 Å². The van der Waals surface area contributed by atoms with E-state index in [1.165, 1.54) is 4.90 Å². The second kappa shape index (κ2) is 11.5. The molecule has 4 atom stereocenters.